The average molecular weight is 615 g/mol. The van der Waals surface area contributed by atoms with Crippen LogP contribution in [0, 0.1) is 11.6 Å². The van der Waals surface area contributed by atoms with Crippen LogP contribution in [0.3, 0.4) is 0 Å². The molecule has 0 saturated carbocycles. The minimum Gasteiger partial charge on any atom is -0.450 e. The first kappa shape index (κ1) is 30.1. The maximum Gasteiger partial charge on any atom is 0.435 e. The number of hydrogen-bond acceptors (Lipinski definition) is 6. The summed E-state index contributed by atoms with van der Waals surface area (Å²) in [6.07, 6.45) is -1.72. The van der Waals surface area contributed by atoms with Gasteiger partial charge >= 0.3 is 12.2 Å². The van der Waals surface area contributed by atoms with Gasteiger partial charge in [-0.25, -0.2) is 18.6 Å². The van der Waals surface area contributed by atoms with Crippen LogP contribution in [0.1, 0.15) is 5.69 Å². The molecule has 0 radical (unpaired) electrons. The van der Waals surface area contributed by atoms with Crippen LogP contribution < -0.4 is 15.4 Å². The van der Waals surface area contributed by atoms with E-state index in [1.807, 2.05) is 0 Å². The van der Waals surface area contributed by atoms with Gasteiger partial charge in [-0.05, 0) is 24.2 Å². The molecule has 0 spiro atoms. The van der Waals surface area contributed by atoms with E-state index in [1.165, 1.54) is 12.3 Å². The number of rotatable bonds is 9. The first-order valence-electron chi connectivity index (χ1n) is 12.1. The van der Waals surface area contributed by atoms with E-state index in [9.17, 15) is 26.7 Å². The van der Waals surface area contributed by atoms with Crippen molar-refractivity contribution in [2.45, 2.75) is 38.6 Å². The Morgan fingerprint density at radius 1 is 1.07 bits per heavy atom. The molecule has 4 rings (SSSR count). The number of halogens is 6. The first-order valence-corrected chi connectivity index (χ1v) is 16.2. The predicted molar refractivity (Wildman–Crippen MR) is 145 cm³/mol. The van der Waals surface area contributed by atoms with Gasteiger partial charge in [0.2, 0.25) is 0 Å². The van der Waals surface area contributed by atoms with Gasteiger partial charge in [0.15, 0.2) is 28.9 Å². The summed E-state index contributed by atoms with van der Waals surface area (Å²) >= 11 is 6.40. The highest BCUT2D eigenvalue weighted by Gasteiger charge is 2.33. The number of fused-ring (bicyclic) bond motifs is 1. The smallest absolute Gasteiger partial charge is 0.435 e. The normalized spacial score (nSPS) is 12.0. The Morgan fingerprint density at radius 3 is 2.39 bits per heavy atom. The van der Waals surface area contributed by atoms with Crippen molar-refractivity contribution in [2.24, 2.45) is 0 Å². The second-order valence-electron chi connectivity index (χ2n) is 10.1. The van der Waals surface area contributed by atoms with Crippen molar-refractivity contribution in [3.63, 3.8) is 0 Å². The topological polar surface area (TPSA) is 103 Å². The predicted octanol–water partition coefficient (Wildman–Crippen LogP) is 7.53. The van der Waals surface area contributed by atoms with Gasteiger partial charge in [0, 0.05) is 44.9 Å². The number of benzene rings is 1. The fraction of sp³-hybridized carbons (Fsp3) is 0.280. The second kappa shape index (κ2) is 12.0. The summed E-state index contributed by atoms with van der Waals surface area (Å²) in [5, 5.41) is 11.1. The van der Waals surface area contributed by atoms with Crippen molar-refractivity contribution < 1.29 is 36.2 Å². The molecule has 0 atom stereocenters. The fourth-order valence-electron chi connectivity index (χ4n) is 3.53. The molecule has 218 valence electrons. The highest BCUT2D eigenvalue weighted by Crippen LogP contribution is 2.37. The van der Waals surface area contributed by atoms with Crippen molar-refractivity contribution in [3.8, 4) is 11.5 Å². The zero-order valence-electron chi connectivity index (χ0n) is 21.9. The van der Waals surface area contributed by atoms with E-state index < -0.39 is 43.4 Å². The average Bonchev–Trinajstić information content (AvgIpc) is 3.19. The van der Waals surface area contributed by atoms with Gasteiger partial charge in [0.25, 0.3) is 0 Å². The van der Waals surface area contributed by atoms with E-state index in [4.69, 9.17) is 21.1 Å². The van der Waals surface area contributed by atoms with Gasteiger partial charge < -0.3 is 19.4 Å². The van der Waals surface area contributed by atoms with Gasteiger partial charge in [-0.3, -0.25) is 5.32 Å². The minimum absolute atomic E-state index is 0.0398. The van der Waals surface area contributed by atoms with E-state index in [-0.39, 0.29) is 29.0 Å². The zero-order chi connectivity index (χ0) is 29.9. The Kier molecular flexibility index (Phi) is 8.79. The molecule has 0 aliphatic rings. The van der Waals surface area contributed by atoms with Crippen LogP contribution in [0.5, 0.6) is 11.5 Å². The Balaban J connectivity index is 1.46. The summed E-state index contributed by atoms with van der Waals surface area (Å²) in [6, 6.07) is 4.43. The Labute approximate surface area is 236 Å². The molecule has 0 aliphatic carbocycles. The summed E-state index contributed by atoms with van der Waals surface area (Å²) in [4.78, 5) is 16.5. The second-order valence-corrected chi connectivity index (χ2v) is 16.1. The Bertz CT molecular complexity index is 1540. The number of anilines is 2. The van der Waals surface area contributed by atoms with Crippen molar-refractivity contribution in [2.75, 3.05) is 17.2 Å². The molecule has 0 saturated heterocycles. The third-order valence-corrected chi connectivity index (χ3v) is 7.56. The molecule has 0 aliphatic heterocycles. The van der Waals surface area contributed by atoms with Crippen molar-refractivity contribution in [1.82, 2.24) is 19.7 Å². The number of carbonyl (C=O) groups excluding carboxylic acids is 1. The lowest BCUT2D eigenvalue weighted by molar-refractivity contribution is -0.141. The van der Waals surface area contributed by atoms with Crippen molar-refractivity contribution >= 4 is 48.2 Å². The molecule has 0 unspecified atom stereocenters. The molecule has 9 nitrogen and oxygen atoms in total. The SMILES string of the molecule is C[Si](C)(C)CCOCn1cc(Cl)c2c(Oc3c(F)cc(NC(=O)Nc4ccc(C(F)(F)F)nn4)cc3F)ccnc21. The standard InChI is InChI=1S/C25H24ClF5N6O3Si/c1-41(2,3)9-8-39-13-37-12-15(26)21-18(6-7-32-23(21)37)40-22-16(27)10-14(11-17(22)28)33-24(38)34-20-5-4-19(35-36-20)25(29,30)31/h4-7,10-12H,8-9,13H2,1-3H3,(H2,33,34,36,38). The van der Waals surface area contributed by atoms with E-state index >= 15 is 0 Å². The summed E-state index contributed by atoms with van der Waals surface area (Å²) in [7, 11) is -1.28. The Hall–Kier alpha value is -3.82. The van der Waals surface area contributed by atoms with Crippen LogP contribution in [-0.4, -0.2) is 40.5 Å². The Morgan fingerprint density at radius 2 is 1.78 bits per heavy atom. The number of ether oxygens (including phenoxy) is 2. The fourth-order valence-corrected chi connectivity index (χ4v) is 4.58. The third kappa shape index (κ3) is 7.68. The third-order valence-electron chi connectivity index (χ3n) is 5.56. The molecular formula is C25H24ClF5N6O3Si. The zero-order valence-corrected chi connectivity index (χ0v) is 23.7. The van der Waals surface area contributed by atoms with Gasteiger partial charge in [0.05, 0.1) is 10.4 Å². The maximum atomic E-state index is 14.9. The van der Waals surface area contributed by atoms with Crippen LogP contribution >= 0.6 is 11.6 Å². The van der Waals surface area contributed by atoms with E-state index in [0.29, 0.717) is 23.7 Å². The number of pyridine rings is 1. The van der Waals surface area contributed by atoms with E-state index in [0.717, 1.165) is 24.2 Å². The molecule has 3 aromatic heterocycles. The highest BCUT2D eigenvalue weighted by molar-refractivity contribution is 6.76. The lowest BCUT2D eigenvalue weighted by atomic mass is 10.2. The van der Waals surface area contributed by atoms with Gasteiger partial charge in [0.1, 0.15) is 18.1 Å². The summed E-state index contributed by atoms with van der Waals surface area (Å²) in [6.45, 7) is 7.44. The number of nitrogens with one attached hydrogen (secondary N) is 2. The maximum absolute atomic E-state index is 14.9. The summed E-state index contributed by atoms with van der Waals surface area (Å²) in [5.41, 5.74) is -1.16. The minimum atomic E-state index is -4.70. The molecule has 0 fully saturated rings. The number of aromatic nitrogens is 4. The number of carbonyl (C=O) groups is 1. The number of alkyl halides is 3. The number of nitrogens with zero attached hydrogens (tertiary/aromatic N) is 4. The largest absolute Gasteiger partial charge is 0.450 e. The van der Waals surface area contributed by atoms with E-state index in [1.54, 1.807) is 10.8 Å². The molecular weight excluding hydrogens is 591 g/mol. The molecule has 1 aromatic carbocycles. The summed E-state index contributed by atoms with van der Waals surface area (Å²) < 4.78 is 80.6. The van der Waals surface area contributed by atoms with Crippen LogP contribution in [0.15, 0.2) is 42.7 Å². The monoisotopic (exact) mass is 614 g/mol. The molecule has 2 amide bonds. The van der Waals surface area contributed by atoms with Crippen LogP contribution in [0.2, 0.25) is 30.7 Å². The van der Waals surface area contributed by atoms with Gasteiger partial charge in [-0.15, -0.1) is 10.2 Å². The molecule has 16 heteroatoms. The van der Waals surface area contributed by atoms with Crippen LogP contribution in [0.4, 0.5) is 38.3 Å². The molecule has 0 bridgehead atoms. The lowest BCUT2D eigenvalue weighted by Crippen LogP contribution is -2.22. The highest BCUT2D eigenvalue weighted by atomic mass is 35.5. The lowest BCUT2D eigenvalue weighted by Gasteiger charge is -2.15. The van der Waals surface area contributed by atoms with Gasteiger partial charge in [-0.2, -0.15) is 13.2 Å². The first-order chi connectivity index (χ1) is 19.2. The number of urea groups is 1. The van der Waals surface area contributed by atoms with Gasteiger partial charge in [-0.1, -0.05) is 31.2 Å². The molecule has 2 N–H and O–H groups in total. The summed E-state index contributed by atoms with van der Waals surface area (Å²) in [5.74, 6) is -3.33. The number of hydrogen-bond donors (Lipinski definition) is 2. The quantitative estimate of drug-likeness (QED) is 0.115. The van der Waals surface area contributed by atoms with Crippen molar-refractivity contribution in [3.05, 3.63) is 65.1 Å². The van der Waals surface area contributed by atoms with Crippen molar-refractivity contribution in [1.29, 1.82) is 0 Å². The number of amides is 2. The molecule has 3 heterocycles. The van der Waals surface area contributed by atoms with Crippen LogP contribution in [0.25, 0.3) is 11.0 Å². The molecule has 4 aromatic rings. The van der Waals surface area contributed by atoms with E-state index in [2.05, 4.69) is 45.5 Å². The molecule has 41 heavy (non-hydrogen) atoms. The van der Waals surface area contributed by atoms with Crippen LogP contribution in [-0.2, 0) is 17.6 Å².